The Bertz CT molecular complexity index is 622. The van der Waals surface area contributed by atoms with E-state index >= 15 is 0 Å². The molecular formula is C16H24N6O. The van der Waals surface area contributed by atoms with E-state index in [2.05, 4.69) is 39.2 Å². The third kappa shape index (κ3) is 3.56. The molecule has 0 unspecified atom stereocenters. The van der Waals surface area contributed by atoms with Crippen molar-refractivity contribution in [3.05, 3.63) is 30.5 Å². The van der Waals surface area contributed by atoms with Gasteiger partial charge in [0.1, 0.15) is 17.8 Å². The highest BCUT2D eigenvalue weighted by atomic mass is 16.3. The summed E-state index contributed by atoms with van der Waals surface area (Å²) in [7, 11) is 4.22. The van der Waals surface area contributed by atoms with Crippen LogP contribution >= 0.6 is 0 Å². The summed E-state index contributed by atoms with van der Waals surface area (Å²) >= 11 is 0. The van der Waals surface area contributed by atoms with Crippen LogP contribution in [0.3, 0.4) is 0 Å². The quantitative estimate of drug-likeness (QED) is 0.870. The summed E-state index contributed by atoms with van der Waals surface area (Å²) in [6.45, 7) is 2.75. The molecule has 3 N–H and O–H groups in total. The fourth-order valence-electron chi connectivity index (χ4n) is 2.95. The van der Waals surface area contributed by atoms with Gasteiger partial charge in [-0.3, -0.25) is 0 Å². The van der Waals surface area contributed by atoms with Crippen LogP contribution in [0.25, 0.3) is 0 Å². The Balaban J connectivity index is 1.71. The molecule has 0 saturated carbocycles. The third-order valence-electron chi connectivity index (χ3n) is 4.44. The van der Waals surface area contributed by atoms with E-state index in [-0.39, 0.29) is 0 Å². The van der Waals surface area contributed by atoms with Crippen LogP contribution in [0.5, 0.6) is 0 Å². The Hall–Kier alpha value is -2.28. The number of likely N-dealkylation sites (tertiary alicyclic amines) is 1. The molecule has 2 aromatic heterocycles. The molecule has 23 heavy (non-hydrogen) atoms. The average molecular weight is 316 g/mol. The smallest absolute Gasteiger partial charge is 0.157 e. The summed E-state index contributed by atoms with van der Waals surface area (Å²) in [5.74, 6) is 2.27. The van der Waals surface area contributed by atoms with E-state index in [1.165, 1.54) is 0 Å². The summed E-state index contributed by atoms with van der Waals surface area (Å²) in [5, 5.41) is 3.22. The maximum absolute atomic E-state index is 6.29. The molecule has 3 heterocycles. The van der Waals surface area contributed by atoms with Gasteiger partial charge in [0, 0.05) is 13.1 Å². The Morgan fingerprint density at radius 2 is 2.17 bits per heavy atom. The lowest BCUT2D eigenvalue weighted by atomic mass is 10.0. The van der Waals surface area contributed by atoms with Crippen LogP contribution in [0.1, 0.15) is 18.6 Å². The molecule has 0 aromatic carbocycles. The van der Waals surface area contributed by atoms with Crippen molar-refractivity contribution in [2.45, 2.75) is 25.4 Å². The second kappa shape index (κ2) is 6.87. The first-order valence-corrected chi connectivity index (χ1v) is 7.93. The van der Waals surface area contributed by atoms with Gasteiger partial charge in [0.2, 0.25) is 0 Å². The minimum atomic E-state index is 0.460. The van der Waals surface area contributed by atoms with Crippen molar-refractivity contribution in [2.24, 2.45) is 0 Å². The lowest BCUT2D eigenvalue weighted by Gasteiger charge is -2.36. The van der Waals surface area contributed by atoms with E-state index < -0.39 is 0 Å². The Morgan fingerprint density at radius 3 is 2.87 bits per heavy atom. The van der Waals surface area contributed by atoms with E-state index in [0.717, 1.165) is 37.5 Å². The number of nitrogens with one attached hydrogen (secondary N) is 1. The zero-order valence-electron chi connectivity index (χ0n) is 13.7. The number of hydrogen-bond acceptors (Lipinski definition) is 7. The minimum Gasteiger partial charge on any atom is -0.467 e. The van der Waals surface area contributed by atoms with Gasteiger partial charge >= 0.3 is 0 Å². The highest BCUT2D eigenvalue weighted by Crippen LogP contribution is 2.29. The first kappa shape index (κ1) is 15.6. The maximum Gasteiger partial charge on any atom is 0.157 e. The maximum atomic E-state index is 6.29. The normalized spacial score (nSPS) is 16.4. The molecule has 7 nitrogen and oxygen atoms in total. The highest BCUT2D eigenvalue weighted by Gasteiger charge is 2.23. The van der Waals surface area contributed by atoms with Crippen LogP contribution in [-0.4, -0.2) is 48.1 Å². The standard InChI is InChI=1S/C16H24N6O/c1-21-7-5-12(6-8-21)22(2)16-14(17)15(19-11-20-16)18-10-13-4-3-9-23-13/h3-4,9,11-12H,5-8,10,17H2,1-2H3,(H,18,19,20). The van der Waals surface area contributed by atoms with Crippen molar-refractivity contribution < 1.29 is 4.42 Å². The number of furan rings is 1. The molecular weight excluding hydrogens is 292 g/mol. The molecule has 1 saturated heterocycles. The molecule has 0 spiro atoms. The fraction of sp³-hybridized carbons (Fsp3) is 0.500. The van der Waals surface area contributed by atoms with Gasteiger partial charge in [-0.25, -0.2) is 9.97 Å². The molecule has 0 aliphatic carbocycles. The molecule has 1 aliphatic rings. The predicted molar refractivity (Wildman–Crippen MR) is 91.4 cm³/mol. The van der Waals surface area contributed by atoms with Crippen molar-refractivity contribution in [3.8, 4) is 0 Å². The summed E-state index contributed by atoms with van der Waals surface area (Å²) in [6.07, 6.45) is 5.44. The molecule has 0 bridgehead atoms. The van der Waals surface area contributed by atoms with Crippen LogP contribution in [0.2, 0.25) is 0 Å². The first-order chi connectivity index (χ1) is 11.1. The molecule has 0 amide bonds. The third-order valence-corrected chi connectivity index (χ3v) is 4.44. The summed E-state index contributed by atoms with van der Waals surface area (Å²) in [5.41, 5.74) is 6.87. The summed E-state index contributed by atoms with van der Waals surface area (Å²) in [6, 6.07) is 4.23. The second-order valence-electron chi connectivity index (χ2n) is 6.04. The molecule has 0 radical (unpaired) electrons. The van der Waals surface area contributed by atoms with E-state index in [0.29, 0.717) is 24.1 Å². The summed E-state index contributed by atoms with van der Waals surface area (Å²) < 4.78 is 5.32. The monoisotopic (exact) mass is 316 g/mol. The number of hydrogen-bond donors (Lipinski definition) is 2. The molecule has 124 valence electrons. The van der Waals surface area contributed by atoms with Crippen molar-refractivity contribution in [1.82, 2.24) is 14.9 Å². The van der Waals surface area contributed by atoms with Gasteiger partial charge in [0.05, 0.1) is 12.8 Å². The zero-order chi connectivity index (χ0) is 16.2. The number of nitrogens with zero attached hydrogens (tertiary/aromatic N) is 4. The Morgan fingerprint density at radius 1 is 1.39 bits per heavy atom. The van der Waals surface area contributed by atoms with Crippen molar-refractivity contribution in [3.63, 3.8) is 0 Å². The number of rotatable bonds is 5. The van der Waals surface area contributed by atoms with Gasteiger partial charge in [-0.15, -0.1) is 0 Å². The number of aromatic nitrogens is 2. The van der Waals surface area contributed by atoms with Gasteiger partial charge in [-0.05, 0) is 45.1 Å². The first-order valence-electron chi connectivity index (χ1n) is 7.93. The average Bonchev–Trinajstić information content (AvgIpc) is 3.07. The van der Waals surface area contributed by atoms with Crippen molar-refractivity contribution in [1.29, 1.82) is 0 Å². The Kier molecular flexibility index (Phi) is 4.66. The topological polar surface area (TPSA) is 83.5 Å². The lowest BCUT2D eigenvalue weighted by Crippen LogP contribution is -2.42. The van der Waals surface area contributed by atoms with Gasteiger partial charge in [0.15, 0.2) is 11.6 Å². The zero-order valence-corrected chi connectivity index (χ0v) is 13.7. The number of piperidine rings is 1. The van der Waals surface area contributed by atoms with Gasteiger partial charge < -0.3 is 25.3 Å². The largest absolute Gasteiger partial charge is 0.467 e. The van der Waals surface area contributed by atoms with E-state index in [4.69, 9.17) is 10.2 Å². The molecule has 1 fully saturated rings. The Labute approximate surface area is 136 Å². The molecule has 3 rings (SSSR count). The number of nitrogen functional groups attached to an aromatic ring is 1. The predicted octanol–water partition coefficient (Wildman–Crippen LogP) is 1.79. The van der Waals surface area contributed by atoms with Crippen molar-refractivity contribution >= 4 is 17.3 Å². The molecule has 2 aromatic rings. The van der Waals surface area contributed by atoms with Crippen LogP contribution in [0.4, 0.5) is 17.3 Å². The van der Waals surface area contributed by atoms with Crippen LogP contribution in [-0.2, 0) is 6.54 Å². The van der Waals surface area contributed by atoms with Crippen LogP contribution < -0.4 is 16.0 Å². The minimum absolute atomic E-state index is 0.460. The second-order valence-corrected chi connectivity index (χ2v) is 6.04. The molecule has 0 atom stereocenters. The van der Waals surface area contributed by atoms with Crippen LogP contribution in [0, 0.1) is 0 Å². The van der Waals surface area contributed by atoms with Gasteiger partial charge in [-0.1, -0.05) is 0 Å². The number of anilines is 3. The van der Waals surface area contributed by atoms with E-state index in [9.17, 15) is 0 Å². The lowest BCUT2D eigenvalue weighted by molar-refractivity contribution is 0.252. The van der Waals surface area contributed by atoms with Crippen LogP contribution in [0.15, 0.2) is 29.1 Å². The number of nitrogens with two attached hydrogens (primary N) is 1. The fourth-order valence-corrected chi connectivity index (χ4v) is 2.95. The molecule has 1 aliphatic heterocycles. The van der Waals surface area contributed by atoms with Gasteiger partial charge in [-0.2, -0.15) is 0 Å². The van der Waals surface area contributed by atoms with E-state index in [1.807, 2.05) is 12.1 Å². The van der Waals surface area contributed by atoms with E-state index in [1.54, 1.807) is 12.6 Å². The SMILES string of the molecule is CN1CCC(N(C)c2ncnc(NCc3ccco3)c2N)CC1. The highest BCUT2D eigenvalue weighted by molar-refractivity contribution is 5.74. The van der Waals surface area contributed by atoms with Crippen molar-refractivity contribution in [2.75, 3.05) is 43.1 Å². The summed E-state index contributed by atoms with van der Waals surface area (Å²) in [4.78, 5) is 13.2. The van der Waals surface area contributed by atoms with Gasteiger partial charge in [0.25, 0.3) is 0 Å². The molecule has 7 heteroatoms.